The van der Waals surface area contributed by atoms with Gasteiger partial charge in [-0.05, 0) is 36.8 Å². The molecule has 0 aliphatic carbocycles. The summed E-state index contributed by atoms with van der Waals surface area (Å²) < 4.78 is 8.37. The number of aryl methyl sites for hydroxylation is 1. The summed E-state index contributed by atoms with van der Waals surface area (Å²) in [5.74, 6) is 1.82. The Kier molecular flexibility index (Phi) is 3.09. The van der Waals surface area contributed by atoms with Crippen LogP contribution in [0, 0.1) is 11.7 Å². The van der Waals surface area contributed by atoms with Crippen molar-refractivity contribution in [2.24, 2.45) is 0 Å². The van der Waals surface area contributed by atoms with Crippen LogP contribution in [0.4, 0.5) is 0 Å². The van der Waals surface area contributed by atoms with Crippen LogP contribution in [0.2, 0.25) is 0 Å². The number of benzene rings is 1. The molecule has 19 heavy (non-hydrogen) atoms. The van der Waals surface area contributed by atoms with Crippen LogP contribution in [0.15, 0.2) is 53.1 Å². The summed E-state index contributed by atoms with van der Waals surface area (Å²) in [5, 5.41) is 0. The first-order valence-corrected chi connectivity index (χ1v) is 6.54. The Morgan fingerprint density at radius 1 is 1.16 bits per heavy atom. The minimum Gasteiger partial charge on any atom is -0.464 e. The Morgan fingerprint density at radius 2 is 1.95 bits per heavy atom. The molecule has 0 saturated heterocycles. The smallest absolute Gasteiger partial charge is 0.178 e. The largest absolute Gasteiger partial charge is 0.464 e. The lowest BCUT2D eigenvalue weighted by atomic mass is 10.2. The predicted molar refractivity (Wildman–Crippen MR) is 77.6 cm³/mol. The summed E-state index contributed by atoms with van der Waals surface area (Å²) in [6.45, 7) is 2.58. The number of furan rings is 1. The van der Waals surface area contributed by atoms with Crippen molar-refractivity contribution in [2.45, 2.75) is 13.5 Å². The number of hydrogen-bond acceptors (Lipinski definition) is 2. The summed E-state index contributed by atoms with van der Waals surface area (Å²) in [6.07, 6.45) is 1.94. The second-order valence-corrected chi connectivity index (χ2v) is 4.83. The molecule has 0 spiro atoms. The highest BCUT2D eigenvalue weighted by molar-refractivity contribution is 7.71. The molecule has 4 heteroatoms. The van der Waals surface area contributed by atoms with Crippen molar-refractivity contribution in [3.05, 3.63) is 65.0 Å². The van der Waals surface area contributed by atoms with Gasteiger partial charge in [0, 0.05) is 6.20 Å². The SMILES string of the molecule is Cc1ccc(Cn2c(-c3ccccc3)c[nH]c2=S)o1. The highest BCUT2D eigenvalue weighted by atomic mass is 32.1. The Balaban J connectivity index is 2.02. The second-order valence-electron chi connectivity index (χ2n) is 4.44. The topological polar surface area (TPSA) is 33.9 Å². The van der Waals surface area contributed by atoms with E-state index < -0.39 is 0 Å². The molecular formula is C15H14N2OS. The Labute approximate surface area is 116 Å². The van der Waals surface area contributed by atoms with Crippen LogP contribution in [0.1, 0.15) is 11.5 Å². The zero-order valence-electron chi connectivity index (χ0n) is 10.6. The average molecular weight is 270 g/mol. The van der Waals surface area contributed by atoms with Gasteiger partial charge in [-0.2, -0.15) is 0 Å². The monoisotopic (exact) mass is 270 g/mol. The number of nitrogens with zero attached hydrogens (tertiary/aromatic N) is 1. The molecule has 0 aliphatic rings. The molecular weight excluding hydrogens is 256 g/mol. The molecule has 96 valence electrons. The van der Waals surface area contributed by atoms with E-state index in [4.69, 9.17) is 16.6 Å². The molecule has 2 heterocycles. The minimum atomic E-state index is 0.639. The quantitative estimate of drug-likeness (QED) is 0.725. The van der Waals surface area contributed by atoms with E-state index in [-0.39, 0.29) is 0 Å². The van der Waals surface area contributed by atoms with E-state index in [1.165, 1.54) is 0 Å². The predicted octanol–water partition coefficient (Wildman–Crippen LogP) is 4.16. The fourth-order valence-electron chi connectivity index (χ4n) is 2.13. The molecule has 0 aliphatic heterocycles. The third-order valence-electron chi connectivity index (χ3n) is 3.05. The first-order chi connectivity index (χ1) is 9.24. The van der Waals surface area contributed by atoms with Gasteiger partial charge in [0.25, 0.3) is 0 Å². The van der Waals surface area contributed by atoms with Crippen LogP contribution in [0.5, 0.6) is 0 Å². The van der Waals surface area contributed by atoms with Crippen LogP contribution < -0.4 is 0 Å². The normalized spacial score (nSPS) is 10.8. The number of aromatic nitrogens is 2. The first-order valence-electron chi connectivity index (χ1n) is 6.13. The fourth-order valence-corrected chi connectivity index (χ4v) is 2.35. The maximum Gasteiger partial charge on any atom is 0.178 e. The average Bonchev–Trinajstić information content (AvgIpc) is 2.99. The van der Waals surface area contributed by atoms with Crippen molar-refractivity contribution in [1.82, 2.24) is 9.55 Å². The van der Waals surface area contributed by atoms with Gasteiger partial charge in [0.1, 0.15) is 11.5 Å². The van der Waals surface area contributed by atoms with E-state index in [0.717, 1.165) is 22.8 Å². The van der Waals surface area contributed by atoms with Crippen LogP contribution in [-0.4, -0.2) is 9.55 Å². The first kappa shape index (κ1) is 12.0. The lowest BCUT2D eigenvalue weighted by Gasteiger charge is -2.06. The fraction of sp³-hybridized carbons (Fsp3) is 0.133. The zero-order valence-corrected chi connectivity index (χ0v) is 11.4. The van der Waals surface area contributed by atoms with Crippen molar-refractivity contribution < 1.29 is 4.42 Å². The van der Waals surface area contributed by atoms with Gasteiger partial charge in [0.2, 0.25) is 0 Å². The van der Waals surface area contributed by atoms with Gasteiger partial charge >= 0.3 is 0 Å². The zero-order chi connectivity index (χ0) is 13.2. The summed E-state index contributed by atoms with van der Waals surface area (Å²) in [6, 6.07) is 14.1. The Bertz CT molecular complexity index is 737. The van der Waals surface area contributed by atoms with Gasteiger partial charge in [-0.15, -0.1) is 0 Å². The van der Waals surface area contributed by atoms with E-state index in [1.54, 1.807) is 0 Å². The molecule has 0 unspecified atom stereocenters. The Morgan fingerprint density at radius 3 is 2.63 bits per heavy atom. The highest BCUT2D eigenvalue weighted by Crippen LogP contribution is 2.21. The maximum atomic E-state index is 5.62. The van der Waals surface area contributed by atoms with Gasteiger partial charge in [-0.1, -0.05) is 30.3 Å². The van der Waals surface area contributed by atoms with E-state index >= 15 is 0 Å². The van der Waals surface area contributed by atoms with Gasteiger partial charge in [0.05, 0.1) is 12.2 Å². The van der Waals surface area contributed by atoms with Crippen LogP contribution >= 0.6 is 12.2 Å². The van der Waals surface area contributed by atoms with Crippen LogP contribution in [-0.2, 0) is 6.54 Å². The number of rotatable bonds is 3. The van der Waals surface area contributed by atoms with Crippen LogP contribution in [0.25, 0.3) is 11.3 Å². The van der Waals surface area contributed by atoms with Gasteiger partial charge in [0.15, 0.2) is 4.77 Å². The molecule has 1 N–H and O–H groups in total. The van der Waals surface area contributed by atoms with Crippen molar-refractivity contribution in [2.75, 3.05) is 0 Å². The second kappa shape index (κ2) is 4.90. The number of aromatic amines is 1. The van der Waals surface area contributed by atoms with Crippen molar-refractivity contribution in [3.8, 4) is 11.3 Å². The van der Waals surface area contributed by atoms with Gasteiger partial charge in [-0.25, -0.2) is 0 Å². The van der Waals surface area contributed by atoms with Gasteiger partial charge < -0.3 is 14.0 Å². The Hall–Kier alpha value is -2.07. The standard InChI is InChI=1S/C15H14N2OS/c1-11-7-8-13(18-11)10-17-14(9-16-15(17)19)12-5-3-2-4-6-12/h2-9H,10H2,1H3,(H,16,19). The molecule has 0 bridgehead atoms. The van der Waals surface area contributed by atoms with Crippen molar-refractivity contribution in [3.63, 3.8) is 0 Å². The lowest BCUT2D eigenvalue weighted by molar-refractivity contribution is 0.470. The molecule has 0 fully saturated rings. The van der Waals surface area contributed by atoms with Gasteiger partial charge in [-0.3, -0.25) is 0 Å². The van der Waals surface area contributed by atoms with E-state index in [0.29, 0.717) is 11.3 Å². The lowest BCUT2D eigenvalue weighted by Crippen LogP contribution is -2.00. The summed E-state index contributed by atoms with van der Waals surface area (Å²) >= 11 is 5.34. The van der Waals surface area contributed by atoms with E-state index in [2.05, 4.69) is 17.1 Å². The van der Waals surface area contributed by atoms with Crippen molar-refractivity contribution in [1.29, 1.82) is 0 Å². The third kappa shape index (κ3) is 2.39. The van der Waals surface area contributed by atoms with Crippen LogP contribution in [0.3, 0.4) is 0 Å². The molecule has 1 aromatic carbocycles. The number of H-pyrrole nitrogens is 1. The molecule has 0 amide bonds. The molecule has 0 atom stereocenters. The maximum absolute atomic E-state index is 5.62. The number of nitrogens with one attached hydrogen (secondary N) is 1. The molecule has 0 radical (unpaired) electrons. The third-order valence-corrected chi connectivity index (χ3v) is 3.39. The van der Waals surface area contributed by atoms with Crippen molar-refractivity contribution >= 4 is 12.2 Å². The summed E-state index contributed by atoms with van der Waals surface area (Å²) in [4.78, 5) is 3.10. The highest BCUT2D eigenvalue weighted by Gasteiger charge is 2.08. The minimum absolute atomic E-state index is 0.639. The molecule has 0 saturated carbocycles. The summed E-state index contributed by atoms with van der Waals surface area (Å²) in [7, 11) is 0. The van der Waals surface area contributed by atoms with E-state index in [1.807, 2.05) is 48.0 Å². The molecule has 3 rings (SSSR count). The molecule has 2 aromatic heterocycles. The molecule has 3 aromatic rings. The number of hydrogen-bond donors (Lipinski definition) is 1. The van der Waals surface area contributed by atoms with E-state index in [9.17, 15) is 0 Å². The molecule has 3 nitrogen and oxygen atoms in total. The summed E-state index contributed by atoms with van der Waals surface area (Å²) in [5.41, 5.74) is 2.21. The number of imidazole rings is 1.